The molecule has 0 fully saturated rings. The van der Waals surface area contributed by atoms with Crippen LogP contribution in [-0.2, 0) is 6.42 Å². The number of rotatable bonds is 5. The molecule has 0 saturated heterocycles. The first kappa shape index (κ1) is 18.0. The van der Waals surface area contributed by atoms with E-state index in [0.29, 0.717) is 0 Å². The third-order valence-electron chi connectivity index (χ3n) is 5.38. The molecule has 0 heterocycles. The van der Waals surface area contributed by atoms with Crippen LogP contribution in [0.15, 0.2) is 42.0 Å². The predicted octanol–water partition coefficient (Wildman–Crippen LogP) is 7.21. The highest BCUT2D eigenvalue weighted by Gasteiger charge is 2.40. The number of aryl methyl sites for hydroxylation is 1. The molecule has 23 heavy (non-hydrogen) atoms. The summed E-state index contributed by atoms with van der Waals surface area (Å²) in [6, 6.07) is 9.32. The fourth-order valence-electron chi connectivity index (χ4n) is 4.16. The Bertz CT molecular complexity index is 579. The summed E-state index contributed by atoms with van der Waals surface area (Å²) in [5.41, 5.74) is 6.34. The molecule has 0 unspecified atom stereocenters. The van der Waals surface area contributed by atoms with E-state index >= 15 is 0 Å². The molecule has 0 amide bonds. The highest BCUT2D eigenvalue weighted by molar-refractivity contribution is 5.75. The van der Waals surface area contributed by atoms with Gasteiger partial charge in [-0.3, -0.25) is 0 Å². The third-order valence-corrected chi connectivity index (χ3v) is 5.38. The van der Waals surface area contributed by atoms with Crippen LogP contribution in [0.25, 0.3) is 5.57 Å². The van der Waals surface area contributed by atoms with Crippen molar-refractivity contribution in [3.05, 3.63) is 53.1 Å². The fraction of sp³-hybridized carbons (Fsp3) is 0.565. The second kappa shape index (κ2) is 7.07. The topological polar surface area (TPSA) is 0 Å². The van der Waals surface area contributed by atoms with Crippen molar-refractivity contribution in [2.75, 3.05) is 0 Å². The normalized spacial score (nSPS) is 21.3. The summed E-state index contributed by atoms with van der Waals surface area (Å²) in [6.45, 7) is 14.1. The molecular weight excluding hydrogens is 276 g/mol. The molecule has 0 aliphatic heterocycles. The Morgan fingerprint density at radius 1 is 1.00 bits per heavy atom. The Kier molecular flexibility index (Phi) is 5.55. The molecule has 1 aliphatic carbocycles. The SMILES string of the molecule is CC/C=C1\C(C)(C)CC=C(c2ccc(CCCC)cc2)C1(C)C. The van der Waals surface area contributed by atoms with E-state index in [2.05, 4.69) is 78.0 Å². The molecule has 1 aromatic rings. The van der Waals surface area contributed by atoms with Crippen molar-refractivity contribution in [1.82, 2.24) is 0 Å². The van der Waals surface area contributed by atoms with E-state index in [1.165, 1.54) is 36.0 Å². The fourth-order valence-corrected chi connectivity index (χ4v) is 4.16. The Labute approximate surface area is 143 Å². The van der Waals surface area contributed by atoms with Crippen LogP contribution >= 0.6 is 0 Å². The highest BCUT2D eigenvalue weighted by Crippen LogP contribution is 2.53. The van der Waals surface area contributed by atoms with Gasteiger partial charge in [-0.05, 0) is 47.8 Å². The lowest BCUT2D eigenvalue weighted by Crippen LogP contribution is -2.32. The highest BCUT2D eigenvalue weighted by atomic mass is 14.4. The van der Waals surface area contributed by atoms with Crippen molar-refractivity contribution in [2.24, 2.45) is 10.8 Å². The molecule has 1 aromatic carbocycles. The lowest BCUT2D eigenvalue weighted by Gasteiger charge is -2.45. The van der Waals surface area contributed by atoms with Gasteiger partial charge in [0.1, 0.15) is 0 Å². The van der Waals surface area contributed by atoms with E-state index in [9.17, 15) is 0 Å². The summed E-state index contributed by atoms with van der Waals surface area (Å²) < 4.78 is 0. The average Bonchev–Trinajstić information content (AvgIpc) is 2.50. The molecule has 0 atom stereocenters. The Balaban J connectivity index is 2.35. The third kappa shape index (κ3) is 3.79. The molecule has 126 valence electrons. The van der Waals surface area contributed by atoms with E-state index in [1.54, 1.807) is 5.57 Å². The molecule has 0 saturated carbocycles. The van der Waals surface area contributed by atoms with E-state index in [0.717, 1.165) is 12.8 Å². The standard InChI is InChI=1S/C23H34/c1-7-9-11-18-12-14-19(15-13-18)20-16-17-22(3,4)21(10-8-2)23(20,5)6/h10,12-16H,7-9,11,17H2,1-6H3/b21-10+. The molecule has 0 bridgehead atoms. The van der Waals surface area contributed by atoms with E-state index in [-0.39, 0.29) is 10.8 Å². The summed E-state index contributed by atoms with van der Waals surface area (Å²) in [5, 5.41) is 0. The van der Waals surface area contributed by atoms with Crippen molar-refractivity contribution >= 4 is 5.57 Å². The van der Waals surface area contributed by atoms with Gasteiger partial charge in [-0.1, -0.05) is 90.0 Å². The van der Waals surface area contributed by atoms with Crippen LogP contribution < -0.4 is 0 Å². The summed E-state index contributed by atoms with van der Waals surface area (Å²) >= 11 is 0. The lowest BCUT2D eigenvalue weighted by molar-refractivity contribution is 0.352. The van der Waals surface area contributed by atoms with Crippen molar-refractivity contribution in [3.8, 4) is 0 Å². The van der Waals surface area contributed by atoms with E-state index < -0.39 is 0 Å². The van der Waals surface area contributed by atoms with Gasteiger partial charge >= 0.3 is 0 Å². The monoisotopic (exact) mass is 310 g/mol. The van der Waals surface area contributed by atoms with Gasteiger partial charge in [-0.25, -0.2) is 0 Å². The minimum absolute atomic E-state index is 0.114. The quantitative estimate of drug-likeness (QED) is 0.504. The number of allylic oxidation sites excluding steroid dienone is 4. The maximum absolute atomic E-state index is 2.48. The summed E-state index contributed by atoms with van der Waals surface area (Å²) in [4.78, 5) is 0. The van der Waals surface area contributed by atoms with Gasteiger partial charge in [0.25, 0.3) is 0 Å². The first-order chi connectivity index (χ1) is 10.8. The average molecular weight is 311 g/mol. The second-order valence-electron chi connectivity index (χ2n) is 8.16. The van der Waals surface area contributed by atoms with Crippen molar-refractivity contribution < 1.29 is 0 Å². The van der Waals surface area contributed by atoms with Crippen LogP contribution in [-0.4, -0.2) is 0 Å². The van der Waals surface area contributed by atoms with E-state index in [4.69, 9.17) is 0 Å². The van der Waals surface area contributed by atoms with Crippen LogP contribution in [0.3, 0.4) is 0 Å². The van der Waals surface area contributed by atoms with Crippen LogP contribution in [0.4, 0.5) is 0 Å². The summed E-state index contributed by atoms with van der Waals surface area (Å²) in [5.74, 6) is 0. The zero-order valence-electron chi connectivity index (χ0n) is 16.0. The van der Waals surface area contributed by atoms with Crippen molar-refractivity contribution in [1.29, 1.82) is 0 Å². The Hall–Kier alpha value is -1.30. The van der Waals surface area contributed by atoms with E-state index in [1.807, 2.05) is 0 Å². The first-order valence-electron chi connectivity index (χ1n) is 9.34. The number of benzene rings is 1. The molecule has 0 radical (unpaired) electrons. The molecule has 0 spiro atoms. The van der Waals surface area contributed by atoms with Crippen LogP contribution in [0.2, 0.25) is 0 Å². The van der Waals surface area contributed by atoms with Crippen molar-refractivity contribution in [3.63, 3.8) is 0 Å². The maximum atomic E-state index is 2.48. The number of hydrogen-bond donors (Lipinski definition) is 0. The molecule has 0 heteroatoms. The zero-order chi connectivity index (χ0) is 17.1. The molecule has 0 nitrogen and oxygen atoms in total. The molecule has 0 N–H and O–H groups in total. The Morgan fingerprint density at radius 2 is 1.65 bits per heavy atom. The molecular formula is C23H34. The van der Waals surface area contributed by atoms with Gasteiger partial charge in [0.15, 0.2) is 0 Å². The molecule has 1 aliphatic rings. The van der Waals surface area contributed by atoms with Crippen LogP contribution in [0.5, 0.6) is 0 Å². The smallest absolute Gasteiger partial charge is 0.0113 e. The van der Waals surface area contributed by atoms with Gasteiger partial charge in [0, 0.05) is 5.41 Å². The minimum atomic E-state index is 0.114. The number of hydrogen-bond acceptors (Lipinski definition) is 0. The van der Waals surface area contributed by atoms with Gasteiger partial charge in [-0.2, -0.15) is 0 Å². The molecule has 2 rings (SSSR count). The van der Waals surface area contributed by atoms with Gasteiger partial charge < -0.3 is 0 Å². The van der Waals surface area contributed by atoms with Crippen LogP contribution in [0.1, 0.15) is 78.4 Å². The lowest BCUT2D eigenvalue weighted by atomic mass is 9.60. The van der Waals surface area contributed by atoms with Crippen molar-refractivity contribution in [2.45, 2.75) is 73.6 Å². The van der Waals surface area contributed by atoms with Crippen LogP contribution in [0, 0.1) is 10.8 Å². The van der Waals surface area contributed by atoms with Gasteiger partial charge in [0.05, 0.1) is 0 Å². The van der Waals surface area contributed by atoms with Gasteiger partial charge in [0.2, 0.25) is 0 Å². The van der Waals surface area contributed by atoms with Gasteiger partial charge in [-0.15, -0.1) is 0 Å². The maximum Gasteiger partial charge on any atom is 0.0113 e. The predicted molar refractivity (Wildman–Crippen MR) is 104 cm³/mol. The number of unbranched alkanes of at least 4 members (excludes halogenated alkanes) is 1. The minimum Gasteiger partial charge on any atom is -0.0842 e. The first-order valence-corrected chi connectivity index (χ1v) is 9.34. The molecule has 0 aromatic heterocycles. The summed E-state index contributed by atoms with van der Waals surface area (Å²) in [6.07, 6.45) is 10.9. The Morgan fingerprint density at radius 3 is 2.22 bits per heavy atom. The second-order valence-corrected chi connectivity index (χ2v) is 8.16. The summed E-state index contributed by atoms with van der Waals surface area (Å²) in [7, 11) is 0. The zero-order valence-corrected chi connectivity index (χ0v) is 16.0. The largest absolute Gasteiger partial charge is 0.0842 e.